The van der Waals surface area contributed by atoms with Gasteiger partial charge in [-0.05, 0) is 25.5 Å². The Morgan fingerprint density at radius 2 is 1.92 bits per heavy atom. The van der Waals surface area contributed by atoms with E-state index in [1.54, 1.807) is 13.8 Å². The molecule has 2 rings (SSSR count). The molecule has 0 saturated carbocycles. The molecule has 0 radical (unpaired) electrons. The molecule has 26 heavy (non-hydrogen) atoms. The number of rotatable bonds is 8. The van der Waals surface area contributed by atoms with Crippen LogP contribution in [0.15, 0.2) is 12.1 Å². The van der Waals surface area contributed by atoms with Gasteiger partial charge in [0.05, 0.1) is 41.6 Å². The van der Waals surface area contributed by atoms with Gasteiger partial charge in [-0.2, -0.15) is 0 Å². The molecule has 1 heterocycles. The third-order valence-electron chi connectivity index (χ3n) is 4.15. The first-order chi connectivity index (χ1) is 12.0. The number of sulfonamides is 1. The van der Waals surface area contributed by atoms with E-state index in [2.05, 4.69) is 0 Å². The fraction of sp³-hybridized carbons (Fsp3) is 0.533. The van der Waals surface area contributed by atoms with Crippen molar-refractivity contribution in [2.24, 2.45) is 0 Å². The molecule has 0 aromatic heterocycles. The van der Waals surface area contributed by atoms with Crippen molar-refractivity contribution in [3.63, 3.8) is 0 Å². The highest BCUT2D eigenvalue weighted by Crippen LogP contribution is 2.46. The lowest BCUT2D eigenvalue weighted by Crippen LogP contribution is -2.42. The highest BCUT2D eigenvalue weighted by molar-refractivity contribution is 7.93. The molecule has 144 valence electrons. The van der Waals surface area contributed by atoms with E-state index in [1.165, 1.54) is 13.2 Å². The Bertz CT molecular complexity index is 836. The second-order valence-corrected chi connectivity index (χ2v) is 8.24. The van der Waals surface area contributed by atoms with Crippen molar-refractivity contribution in [3.05, 3.63) is 27.8 Å². The number of fused-ring (bicyclic) bond motifs is 1. The maximum absolute atomic E-state index is 12.7. The number of nitrogens with zero attached hydrogens (tertiary/aromatic N) is 2. The summed E-state index contributed by atoms with van der Waals surface area (Å²) in [5.41, 5.74) is 4.22. The number of ether oxygens (including phenoxy) is 2. The molecule has 0 atom stereocenters. The number of nitrogen functional groups attached to an aromatic ring is 1. The topological polar surface area (TPSA) is 142 Å². The van der Waals surface area contributed by atoms with Gasteiger partial charge in [0, 0.05) is 13.2 Å². The first-order valence-electron chi connectivity index (χ1n) is 7.76. The highest BCUT2D eigenvalue weighted by atomic mass is 32.2. The predicted octanol–water partition coefficient (Wildman–Crippen LogP) is 0.794. The minimum absolute atomic E-state index is 0.0437. The SMILES string of the molecule is COCCOCCS(=O)(=O)N1C(=O)C(C)(C)c2cc(N)c([N+](=O)[O-])cc21. The summed E-state index contributed by atoms with van der Waals surface area (Å²) >= 11 is 0. The fourth-order valence-corrected chi connectivity index (χ4v) is 4.12. The third kappa shape index (κ3) is 3.50. The van der Waals surface area contributed by atoms with Gasteiger partial charge in [-0.3, -0.25) is 14.9 Å². The van der Waals surface area contributed by atoms with Crippen LogP contribution in [0, 0.1) is 10.1 Å². The normalized spacial score (nSPS) is 16.0. The lowest BCUT2D eigenvalue weighted by Gasteiger charge is -2.20. The number of benzene rings is 1. The van der Waals surface area contributed by atoms with Gasteiger partial charge >= 0.3 is 0 Å². The molecule has 1 aliphatic rings. The van der Waals surface area contributed by atoms with Crippen LogP contribution in [0.25, 0.3) is 0 Å². The quantitative estimate of drug-likeness (QED) is 0.299. The van der Waals surface area contributed by atoms with Gasteiger partial charge in [0.1, 0.15) is 5.69 Å². The van der Waals surface area contributed by atoms with E-state index in [-0.39, 0.29) is 24.6 Å². The molecular formula is C15H21N3O7S. The molecule has 0 aliphatic carbocycles. The summed E-state index contributed by atoms with van der Waals surface area (Å²) < 4.78 is 35.9. The molecule has 1 aliphatic heterocycles. The summed E-state index contributed by atoms with van der Waals surface area (Å²) in [7, 11) is -2.59. The monoisotopic (exact) mass is 387 g/mol. The largest absolute Gasteiger partial charge is 0.393 e. The number of nitro groups is 1. The van der Waals surface area contributed by atoms with Crippen molar-refractivity contribution >= 4 is 33.0 Å². The first kappa shape index (κ1) is 20.1. The zero-order chi connectivity index (χ0) is 19.7. The van der Waals surface area contributed by atoms with E-state index in [1.807, 2.05) is 0 Å². The maximum atomic E-state index is 12.7. The number of methoxy groups -OCH3 is 1. The molecule has 11 heteroatoms. The van der Waals surface area contributed by atoms with E-state index < -0.39 is 37.7 Å². The number of carbonyl (C=O) groups is 1. The number of carbonyl (C=O) groups excluding carboxylic acids is 1. The summed E-state index contributed by atoms with van der Waals surface area (Å²) in [5.74, 6) is -1.14. The van der Waals surface area contributed by atoms with Crippen LogP contribution in [-0.4, -0.2) is 51.9 Å². The summed E-state index contributed by atoms with van der Waals surface area (Å²) in [6.07, 6.45) is 0. The Kier molecular flexibility index (Phi) is 5.54. The number of nitro benzene ring substituents is 1. The van der Waals surface area contributed by atoms with Gasteiger partial charge < -0.3 is 15.2 Å². The van der Waals surface area contributed by atoms with E-state index in [9.17, 15) is 23.3 Å². The fourth-order valence-electron chi connectivity index (χ4n) is 2.68. The van der Waals surface area contributed by atoms with Crippen molar-refractivity contribution in [2.45, 2.75) is 19.3 Å². The second kappa shape index (κ2) is 7.17. The molecule has 0 bridgehead atoms. The van der Waals surface area contributed by atoms with Crippen LogP contribution in [0.2, 0.25) is 0 Å². The van der Waals surface area contributed by atoms with Crippen molar-refractivity contribution in [1.29, 1.82) is 0 Å². The Morgan fingerprint density at radius 1 is 1.27 bits per heavy atom. The number of hydrogen-bond donors (Lipinski definition) is 1. The Morgan fingerprint density at radius 3 is 2.50 bits per heavy atom. The number of anilines is 2. The lowest BCUT2D eigenvalue weighted by atomic mass is 9.86. The van der Waals surface area contributed by atoms with E-state index in [0.717, 1.165) is 6.07 Å². The Balaban J connectivity index is 2.40. The minimum atomic E-state index is -4.08. The van der Waals surface area contributed by atoms with Crippen LogP contribution in [0.4, 0.5) is 17.1 Å². The first-order valence-corrected chi connectivity index (χ1v) is 9.37. The molecule has 0 fully saturated rings. The molecule has 1 amide bonds. The zero-order valence-corrected chi connectivity index (χ0v) is 15.5. The average molecular weight is 387 g/mol. The third-order valence-corrected chi connectivity index (χ3v) is 5.75. The van der Waals surface area contributed by atoms with E-state index >= 15 is 0 Å². The van der Waals surface area contributed by atoms with Gasteiger partial charge in [-0.25, -0.2) is 12.7 Å². The molecule has 1 aromatic rings. The molecule has 2 N–H and O–H groups in total. The van der Waals surface area contributed by atoms with Crippen LogP contribution in [0.3, 0.4) is 0 Å². The summed E-state index contributed by atoms with van der Waals surface area (Å²) in [5, 5.41) is 11.1. The molecular weight excluding hydrogens is 366 g/mol. The van der Waals surface area contributed by atoms with Crippen LogP contribution >= 0.6 is 0 Å². The Labute approximate surface area is 151 Å². The van der Waals surface area contributed by atoms with Gasteiger partial charge in [0.25, 0.3) is 11.6 Å². The lowest BCUT2D eigenvalue weighted by molar-refractivity contribution is -0.383. The summed E-state index contributed by atoms with van der Waals surface area (Å²) in [4.78, 5) is 23.1. The van der Waals surface area contributed by atoms with Gasteiger partial charge in [0.15, 0.2) is 0 Å². The van der Waals surface area contributed by atoms with Crippen molar-refractivity contribution in [3.8, 4) is 0 Å². The van der Waals surface area contributed by atoms with E-state index in [4.69, 9.17) is 15.2 Å². The van der Waals surface area contributed by atoms with Gasteiger partial charge in [-0.15, -0.1) is 0 Å². The van der Waals surface area contributed by atoms with E-state index in [0.29, 0.717) is 16.5 Å². The van der Waals surface area contributed by atoms with Gasteiger partial charge in [0.2, 0.25) is 10.0 Å². The minimum Gasteiger partial charge on any atom is -0.393 e. The summed E-state index contributed by atoms with van der Waals surface area (Å²) in [6.45, 7) is 3.48. The zero-order valence-electron chi connectivity index (χ0n) is 14.7. The van der Waals surface area contributed by atoms with Crippen LogP contribution in [0.5, 0.6) is 0 Å². The Hall–Kier alpha value is -2.24. The molecule has 0 unspecified atom stereocenters. The molecule has 10 nitrogen and oxygen atoms in total. The molecule has 0 saturated heterocycles. The summed E-state index contributed by atoms with van der Waals surface area (Å²) in [6, 6.07) is 2.32. The number of amides is 1. The average Bonchev–Trinajstić information content (AvgIpc) is 2.73. The van der Waals surface area contributed by atoms with Crippen LogP contribution in [0.1, 0.15) is 19.4 Å². The standard InChI is InChI=1S/C15H21N3O7S/c1-15(2)10-8-11(16)13(18(20)21)9-12(10)17(14(15)19)26(22,23)7-6-25-5-4-24-3/h8-9H,4-7,16H2,1-3H3. The second-order valence-electron chi connectivity index (χ2n) is 6.30. The van der Waals surface area contributed by atoms with Crippen molar-refractivity contribution in [1.82, 2.24) is 0 Å². The van der Waals surface area contributed by atoms with Crippen LogP contribution < -0.4 is 10.0 Å². The number of nitrogens with two attached hydrogens (primary N) is 1. The number of hydrogen-bond acceptors (Lipinski definition) is 8. The van der Waals surface area contributed by atoms with Gasteiger partial charge in [-0.1, -0.05) is 0 Å². The smallest absolute Gasteiger partial charge is 0.294 e. The van der Waals surface area contributed by atoms with Crippen molar-refractivity contribution < 1.29 is 27.6 Å². The predicted molar refractivity (Wildman–Crippen MR) is 94.5 cm³/mol. The van der Waals surface area contributed by atoms with Crippen LogP contribution in [-0.2, 0) is 29.7 Å². The maximum Gasteiger partial charge on any atom is 0.294 e. The highest BCUT2D eigenvalue weighted by Gasteiger charge is 2.49. The molecule has 0 spiro atoms. The molecule has 1 aromatic carbocycles. The van der Waals surface area contributed by atoms with Crippen molar-refractivity contribution in [2.75, 3.05) is 42.7 Å².